The smallest absolute Gasteiger partial charge is 0.242 e. The van der Waals surface area contributed by atoms with Crippen molar-refractivity contribution >= 4 is 11.8 Å². The van der Waals surface area contributed by atoms with Crippen molar-refractivity contribution in [3.8, 4) is 0 Å². The molecule has 0 aromatic carbocycles. The van der Waals surface area contributed by atoms with Crippen LogP contribution in [0.25, 0.3) is 0 Å². The molecule has 3 N–H and O–H groups in total. The van der Waals surface area contributed by atoms with Gasteiger partial charge in [0.25, 0.3) is 0 Å². The third-order valence-electron chi connectivity index (χ3n) is 1.93. The molecule has 0 aliphatic carbocycles. The van der Waals surface area contributed by atoms with E-state index in [2.05, 4.69) is 5.32 Å². The molecule has 0 heterocycles. The molecule has 0 aliphatic rings. The third kappa shape index (κ3) is 6.91. The highest BCUT2D eigenvalue weighted by molar-refractivity contribution is 5.87. The Bertz CT molecular complexity index is 274. The van der Waals surface area contributed by atoms with Crippen molar-refractivity contribution in [3.05, 3.63) is 0 Å². The average Bonchev–Trinajstić information content (AvgIpc) is 2.13. The van der Waals surface area contributed by atoms with Crippen LogP contribution in [-0.2, 0) is 14.3 Å². The maximum Gasteiger partial charge on any atom is 0.242 e. The Morgan fingerprint density at radius 2 is 1.94 bits per heavy atom. The third-order valence-corrected chi connectivity index (χ3v) is 1.93. The van der Waals surface area contributed by atoms with Gasteiger partial charge < -0.3 is 20.7 Å². The minimum absolute atomic E-state index is 0.00643. The van der Waals surface area contributed by atoms with Crippen LogP contribution in [0.15, 0.2) is 0 Å². The SMILES string of the molecule is COCC(N)C(=O)N(C)CC(=O)NC(C)(C)C. The van der Waals surface area contributed by atoms with Crippen LogP contribution in [0.1, 0.15) is 20.8 Å². The number of nitrogens with one attached hydrogen (secondary N) is 1. The van der Waals surface area contributed by atoms with Gasteiger partial charge in [0.1, 0.15) is 6.04 Å². The predicted octanol–water partition coefficient (Wildman–Crippen LogP) is -0.667. The van der Waals surface area contributed by atoms with Crippen LogP contribution < -0.4 is 11.1 Å². The molecule has 100 valence electrons. The molecule has 2 amide bonds. The van der Waals surface area contributed by atoms with Crippen molar-refractivity contribution in [2.75, 3.05) is 27.3 Å². The first-order chi connectivity index (χ1) is 7.67. The zero-order valence-corrected chi connectivity index (χ0v) is 11.2. The van der Waals surface area contributed by atoms with Crippen molar-refractivity contribution in [2.45, 2.75) is 32.4 Å². The topological polar surface area (TPSA) is 84.7 Å². The molecule has 0 radical (unpaired) electrons. The number of rotatable bonds is 5. The summed E-state index contributed by atoms with van der Waals surface area (Å²) < 4.78 is 4.79. The van der Waals surface area contributed by atoms with Gasteiger partial charge in [0.05, 0.1) is 13.2 Å². The Hall–Kier alpha value is -1.14. The Kier molecular flexibility index (Phi) is 6.12. The lowest BCUT2D eigenvalue weighted by atomic mass is 10.1. The fraction of sp³-hybridized carbons (Fsp3) is 0.818. The molecular formula is C11H23N3O3. The summed E-state index contributed by atoms with van der Waals surface area (Å²) in [6.07, 6.45) is 0. The summed E-state index contributed by atoms with van der Waals surface area (Å²) in [5.41, 5.74) is 5.27. The zero-order valence-electron chi connectivity index (χ0n) is 11.2. The molecule has 0 rings (SSSR count). The van der Waals surface area contributed by atoms with Crippen molar-refractivity contribution in [1.82, 2.24) is 10.2 Å². The summed E-state index contributed by atoms with van der Waals surface area (Å²) in [7, 11) is 3.01. The van der Waals surface area contributed by atoms with E-state index >= 15 is 0 Å². The maximum atomic E-state index is 11.7. The standard InChI is InChI=1S/C11H23N3O3/c1-11(2,3)13-9(15)6-14(4)10(16)8(12)7-17-5/h8H,6-7,12H2,1-5H3,(H,13,15). The molecule has 0 spiro atoms. The van der Waals surface area contributed by atoms with Crippen LogP contribution in [0.2, 0.25) is 0 Å². The van der Waals surface area contributed by atoms with Gasteiger partial charge >= 0.3 is 0 Å². The molecule has 0 aromatic rings. The summed E-state index contributed by atoms with van der Waals surface area (Å²) in [5, 5.41) is 2.77. The average molecular weight is 245 g/mol. The van der Waals surface area contributed by atoms with Gasteiger partial charge in [0.2, 0.25) is 11.8 Å². The van der Waals surface area contributed by atoms with E-state index in [-0.39, 0.29) is 30.5 Å². The number of amides is 2. The number of nitrogens with zero attached hydrogens (tertiary/aromatic N) is 1. The molecule has 0 saturated carbocycles. The molecule has 0 aromatic heterocycles. The van der Waals surface area contributed by atoms with Crippen LogP contribution in [0.3, 0.4) is 0 Å². The van der Waals surface area contributed by atoms with Crippen molar-refractivity contribution < 1.29 is 14.3 Å². The summed E-state index contributed by atoms with van der Waals surface area (Å²) in [6.45, 7) is 5.77. The second-order valence-corrected chi connectivity index (χ2v) is 5.05. The van der Waals surface area contributed by atoms with Crippen LogP contribution in [0.5, 0.6) is 0 Å². The Balaban J connectivity index is 4.21. The van der Waals surface area contributed by atoms with E-state index in [1.807, 2.05) is 20.8 Å². The second-order valence-electron chi connectivity index (χ2n) is 5.05. The zero-order chi connectivity index (χ0) is 13.6. The minimum atomic E-state index is -0.729. The monoisotopic (exact) mass is 245 g/mol. The first kappa shape index (κ1) is 15.9. The number of nitrogens with two attached hydrogens (primary N) is 1. The Labute approximate surface area is 102 Å². The summed E-state index contributed by atoms with van der Waals surface area (Å²) in [6, 6.07) is -0.729. The first-order valence-corrected chi connectivity index (χ1v) is 5.48. The van der Waals surface area contributed by atoms with E-state index in [1.54, 1.807) is 7.05 Å². The van der Waals surface area contributed by atoms with Crippen molar-refractivity contribution in [1.29, 1.82) is 0 Å². The number of hydrogen-bond acceptors (Lipinski definition) is 4. The number of hydrogen-bond donors (Lipinski definition) is 2. The largest absolute Gasteiger partial charge is 0.383 e. The highest BCUT2D eigenvalue weighted by atomic mass is 16.5. The lowest BCUT2D eigenvalue weighted by Crippen LogP contribution is -2.50. The normalized spacial score (nSPS) is 13.1. The Morgan fingerprint density at radius 3 is 2.35 bits per heavy atom. The quantitative estimate of drug-likeness (QED) is 0.673. The van der Waals surface area contributed by atoms with Crippen LogP contribution in [-0.4, -0.2) is 55.6 Å². The van der Waals surface area contributed by atoms with Gasteiger partial charge in [-0.1, -0.05) is 0 Å². The summed E-state index contributed by atoms with van der Waals surface area (Å²) in [5.74, 6) is -0.520. The van der Waals surface area contributed by atoms with E-state index in [0.717, 1.165) is 0 Å². The maximum absolute atomic E-state index is 11.7. The summed E-state index contributed by atoms with van der Waals surface area (Å²) >= 11 is 0. The number of methoxy groups -OCH3 is 1. The molecule has 0 saturated heterocycles. The van der Waals surface area contributed by atoms with Gasteiger partial charge in [-0.2, -0.15) is 0 Å². The minimum Gasteiger partial charge on any atom is -0.383 e. The molecule has 17 heavy (non-hydrogen) atoms. The lowest BCUT2D eigenvalue weighted by Gasteiger charge is -2.24. The van der Waals surface area contributed by atoms with Crippen LogP contribution >= 0.6 is 0 Å². The molecule has 0 fully saturated rings. The van der Waals surface area contributed by atoms with Gasteiger partial charge in [-0.05, 0) is 20.8 Å². The van der Waals surface area contributed by atoms with E-state index in [0.29, 0.717) is 0 Å². The predicted molar refractivity (Wildman–Crippen MR) is 65.4 cm³/mol. The van der Waals surface area contributed by atoms with Gasteiger partial charge in [-0.25, -0.2) is 0 Å². The van der Waals surface area contributed by atoms with Crippen LogP contribution in [0.4, 0.5) is 0 Å². The Morgan fingerprint density at radius 1 is 1.41 bits per heavy atom. The fourth-order valence-electron chi connectivity index (χ4n) is 1.29. The van der Waals surface area contributed by atoms with Gasteiger partial charge in [-0.15, -0.1) is 0 Å². The highest BCUT2D eigenvalue weighted by Crippen LogP contribution is 1.99. The molecule has 0 aliphatic heterocycles. The molecular weight excluding hydrogens is 222 g/mol. The molecule has 6 heteroatoms. The van der Waals surface area contributed by atoms with Crippen molar-refractivity contribution in [3.63, 3.8) is 0 Å². The molecule has 1 atom stereocenters. The van der Waals surface area contributed by atoms with Gasteiger partial charge in [-0.3, -0.25) is 9.59 Å². The highest BCUT2D eigenvalue weighted by Gasteiger charge is 2.21. The molecule has 1 unspecified atom stereocenters. The van der Waals surface area contributed by atoms with E-state index in [1.165, 1.54) is 12.0 Å². The van der Waals surface area contributed by atoms with E-state index in [9.17, 15) is 9.59 Å². The lowest BCUT2D eigenvalue weighted by molar-refractivity contribution is -0.137. The first-order valence-electron chi connectivity index (χ1n) is 5.48. The number of ether oxygens (including phenoxy) is 1. The number of carbonyl (C=O) groups is 2. The van der Waals surface area contributed by atoms with Gasteiger partial charge in [0.15, 0.2) is 0 Å². The number of likely N-dealkylation sites (N-methyl/N-ethyl adjacent to an activating group) is 1. The van der Waals surface area contributed by atoms with E-state index in [4.69, 9.17) is 10.5 Å². The fourth-order valence-corrected chi connectivity index (χ4v) is 1.29. The molecule has 6 nitrogen and oxygen atoms in total. The van der Waals surface area contributed by atoms with Crippen LogP contribution in [0, 0.1) is 0 Å². The van der Waals surface area contributed by atoms with E-state index < -0.39 is 6.04 Å². The summed E-state index contributed by atoms with van der Waals surface area (Å²) in [4.78, 5) is 24.5. The molecule has 0 bridgehead atoms. The second kappa shape index (κ2) is 6.56. The van der Waals surface area contributed by atoms with Gasteiger partial charge in [0, 0.05) is 19.7 Å². The van der Waals surface area contributed by atoms with Crippen molar-refractivity contribution in [2.24, 2.45) is 5.73 Å². The number of carbonyl (C=O) groups excluding carboxylic acids is 2.